The number of anilines is 1. The van der Waals surface area contributed by atoms with Gasteiger partial charge >= 0.3 is 12.1 Å². The third-order valence-electron chi connectivity index (χ3n) is 1.65. The van der Waals surface area contributed by atoms with Gasteiger partial charge in [-0.2, -0.15) is 0 Å². The molecule has 0 unspecified atom stereocenters. The lowest BCUT2D eigenvalue weighted by Crippen LogP contribution is -2.27. The highest BCUT2D eigenvalue weighted by Crippen LogP contribution is 2.14. The Morgan fingerprint density at radius 1 is 1.41 bits per heavy atom. The van der Waals surface area contributed by atoms with Crippen LogP contribution in [-0.2, 0) is 4.74 Å². The van der Waals surface area contributed by atoms with E-state index in [4.69, 9.17) is 9.84 Å². The van der Waals surface area contributed by atoms with E-state index in [0.717, 1.165) is 0 Å². The lowest BCUT2D eigenvalue weighted by Gasteiger charge is -2.19. The second-order valence-corrected chi connectivity index (χ2v) is 4.33. The predicted molar refractivity (Wildman–Crippen MR) is 61.1 cm³/mol. The van der Waals surface area contributed by atoms with Crippen LogP contribution in [0.25, 0.3) is 0 Å². The van der Waals surface area contributed by atoms with E-state index >= 15 is 0 Å². The highest BCUT2D eigenvalue weighted by molar-refractivity contribution is 5.96. The van der Waals surface area contributed by atoms with Crippen LogP contribution >= 0.6 is 0 Å². The third kappa shape index (κ3) is 4.10. The fraction of sp³-hybridized carbons (Fsp3) is 0.364. The van der Waals surface area contributed by atoms with Gasteiger partial charge in [-0.1, -0.05) is 0 Å². The lowest BCUT2D eigenvalue weighted by atomic mass is 10.2. The van der Waals surface area contributed by atoms with Gasteiger partial charge in [0.05, 0.1) is 5.69 Å². The number of aromatic nitrogens is 1. The van der Waals surface area contributed by atoms with Crippen LogP contribution in [0.3, 0.4) is 0 Å². The Balaban J connectivity index is 2.82. The summed E-state index contributed by atoms with van der Waals surface area (Å²) in [4.78, 5) is 25.9. The van der Waals surface area contributed by atoms with Gasteiger partial charge in [0.1, 0.15) is 5.60 Å². The molecule has 1 heterocycles. The van der Waals surface area contributed by atoms with Crippen LogP contribution in [0.1, 0.15) is 31.3 Å². The van der Waals surface area contributed by atoms with Gasteiger partial charge in [0, 0.05) is 6.20 Å². The standard InChI is InChI=1S/C11H14N2O4/c1-11(2,3)17-10(16)13-7-5-4-6-12-8(7)9(14)15/h4-6H,1-3H3,(H,13,16)(H,14,15). The fourth-order valence-electron chi connectivity index (χ4n) is 1.09. The van der Waals surface area contributed by atoms with Gasteiger partial charge in [-0.3, -0.25) is 5.32 Å². The summed E-state index contributed by atoms with van der Waals surface area (Å²) < 4.78 is 5.01. The average molecular weight is 238 g/mol. The first-order valence-electron chi connectivity index (χ1n) is 4.98. The first-order chi connectivity index (χ1) is 7.79. The number of hydrogen-bond acceptors (Lipinski definition) is 4. The molecule has 0 aliphatic heterocycles. The van der Waals surface area contributed by atoms with E-state index in [0.29, 0.717) is 0 Å². The molecule has 0 spiro atoms. The molecule has 1 aromatic rings. The fourth-order valence-corrected chi connectivity index (χ4v) is 1.09. The molecule has 0 aromatic carbocycles. The summed E-state index contributed by atoms with van der Waals surface area (Å²) in [5, 5.41) is 11.2. The first-order valence-corrected chi connectivity index (χ1v) is 4.98. The minimum Gasteiger partial charge on any atom is -0.476 e. The molecule has 6 heteroatoms. The van der Waals surface area contributed by atoms with Gasteiger partial charge in [-0.25, -0.2) is 14.6 Å². The maximum Gasteiger partial charge on any atom is 0.412 e. The van der Waals surface area contributed by atoms with Crippen LogP contribution in [0.4, 0.5) is 10.5 Å². The highest BCUT2D eigenvalue weighted by Gasteiger charge is 2.19. The van der Waals surface area contributed by atoms with Gasteiger partial charge in [0.25, 0.3) is 0 Å². The van der Waals surface area contributed by atoms with E-state index in [1.165, 1.54) is 18.3 Å². The zero-order valence-corrected chi connectivity index (χ0v) is 9.85. The Kier molecular flexibility index (Phi) is 3.67. The molecule has 0 bridgehead atoms. The number of nitrogens with zero attached hydrogens (tertiary/aromatic N) is 1. The van der Waals surface area contributed by atoms with Crippen molar-refractivity contribution in [3.05, 3.63) is 24.0 Å². The number of nitrogens with one attached hydrogen (secondary N) is 1. The Morgan fingerprint density at radius 3 is 2.59 bits per heavy atom. The van der Waals surface area contributed by atoms with Crippen LogP contribution in [0, 0.1) is 0 Å². The molecule has 2 N–H and O–H groups in total. The molecular formula is C11H14N2O4. The monoisotopic (exact) mass is 238 g/mol. The largest absolute Gasteiger partial charge is 0.476 e. The van der Waals surface area contributed by atoms with Crippen LogP contribution in [0.15, 0.2) is 18.3 Å². The van der Waals surface area contributed by atoms with Crippen molar-refractivity contribution in [2.75, 3.05) is 5.32 Å². The molecule has 0 saturated heterocycles. The molecule has 92 valence electrons. The van der Waals surface area contributed by atoms with E-state index < -0.39 is 17.7 Å². The summed E-state index contributed by atoms with van der Waals surface area (Å²) in [6.45, 7) is 5.15. The zero-order chi connectivity index (χ0) is 13.1. The number of carboxylic acid groups (broad SMARTS) is 1. The minimum atomic E-state index is -1.21. The number of aromatic carboxylic acids is 1. The van der Waals surface area contributed by atoms with Gasteiger partial charge in [-0.05, 0) is 32.9 Å². The van der Waals surface area contributed by atoms with Gasteiger partial charge < -0.3 is 9.84 Å². The highest BCUT2D eigenvalue weighted by atomic mass is 16.6. The van der Waals surface area contributed by atoms with Gasteiger partial charge in [0.15, 0.2) is 5.69 Å². The molecule has 0 radical (unpaired) electrons. The number of ether oxygens (including phenoxy) is 1. The molecule has 1 rings (SSSR count). The normalized spacial score (nSPS) is 10.8. The first kappa shape index (κ1) is 13.0. The Morgan fingerprint density at radius 2 is 2.06 bits per heavy atom. The molecule has 1 amide bonds. The van der Waals surface area contributed by atoms with Crippen molar-refractivity contribution in [1.82, 2.24) is 4.98 Å². The Bertz CT molecular complexity index is 437. The van der Waals surface area contributed by atoms with E-state index in [2.05, 4.69) is 10.3 Å². The van der Waals surface area contributed by atoms with Crippen molar-refractivity contribution in [3.8, 4) is 0 Å². The van der Waals surface area contributed by atoms with Crippen molar-refractivity contribution in [2.24, 2.45) is 0 Å². The lowest BCUT2D eigenvalue weighted by molar-refractivity contribution is 0.0636. The van der Waals surface area contributed by atoms with Gasteiger partial charge in [0.2, 0.25) is 0 Å². The van der Waals surface area contributed by atoms with Crippen molar-refractivity contribution in [3.63, 3.8) is 0 Å². The van der Waals surface area contributed by atoms with E-state index in [1.807, 2.05) is 0 Å². The minimum absolute atomic E-state index is 0.106. The molecule has 0 aliphatic carbocycles. The van der Waals surface area contributed by atoms with Crippen molar-refractivity contribution in [1.29, 1.82) is 0 Å². The number of carboxylic acids is 1. The SMILES string of the molecule is CC(C)(C)OC(=O)Nc1cccnc1C(=O)O. The second kappa shape index (κ2) is 4.82. The van der Waals surface area contributed by atoms with Crippen LogP contribution in [0.2, 0.25) is 0 Å². The molecule has 0 saturated carbocycles. The molecule has 0 aliphatic rings. The summed E-state index contributed by atoms with van der Waals surface area (Å²) in [6.07, 6.45) is 0.622. The molecule has 0 atom stereocenters. The maximum absolute atomic E-state index is 11.4. The Labute approximate surface area is 98.6 Å². The predicted octanol–water partition coefficient (Wildman–Crippen LogP) is 2.13. The number of carbonyl (C=O) groups is 2. The summed E-state index contributed by atoms with van der Waals surface area (Å²) in [5.41, 5.74) is -0.761. The molecule has 1 aromatic heterocycles. The molecular weight excluding hydrogens is 224 g/mol. The number of amides is 1. The van der Waals surface area contributed by atoms with Crippen LogP contribution in [-0.4, -0.2) is 27.8 Å². The van der Waals surface area contributed by atoms with Crippen molar-refractivity contribution in [2.45, 2.75) is 26.4 Å². The summed E-state index contributed by atoms with van der Waals surface area (Å²) in [6, 6.07) is 2.97. The topological polar surface area (TPSA) is 88.5 Å². The third-order valence-corrected chi connectivity index (χ3v) is 1.65. The molecule has 0 fully saturated rings. The van der Waals surface area contributed by atoms with E-state index in [1.54, 1.807) is 20.8 Å². The Hall–Kier alpha value is -2.11. The van der Waals surface area contributed by atoms with Crippen molar-refractivity contribution < 1.29 is 19.4 Å². The van der Waals surface area contributed by atoms with E-state index in [9.17, 15) is 9.59 Å². The zero-order valence-electron chi connectivity index (χ0n) is 9.85. The molecule has 6 nitrogen and oxygen atoms in total. The number of hydrogen-bond donors (Lipinski definition) is 2. The number of rotatable bonds is 2. The summed E-state index contributed by atoms with van der Waals surface area (Å²) in [7, 11) is 0. The summed E-state index contributed by atoms with van der Waals surface area (Å²) >= 11 is 0. The van der Waals surface area contributed by atoms with Crippen LogP contribution < -0.4 is 5.32 Å². The number of pyridine rings is 1. The van der Waals surface area contributed by atoms with Crippen molar-refractivity contribution >= 4 is 17.7 Å². The summed E-state index contributed by atoms with van der Waals surface area (Å²) in [5.74, 6) is -1.21. The quantitative estimate of drug-likeness (QED) is 0.823. The molecule has 17 heavy (non-hydrogen) atoms. The van der Waals surface area contributed by atoms with Crippen LogP contribution in [0.5, 0.6) is 0 Å². The number of carbonyl (C=O) groups excluding carboxylic acids is 1. The second-order valence-electron chi connectivity index (χ2n) is 4.33. The maximum atomic E-state index is 11.4. The average Bonchev–Trinajstić information content (AvgIpc) is 2.14. The smallest absolute Gasteiger partial charge is 0.412 e. The van der Waals surface area contributed by atoms with E-state index in [-0.39, 0.29) is 11.4 Å². The van der Waals surface area contributed by atoms with Gasteiger partial charge in [-0.15, -0.1) is 0 Å².